The summed E-state index contributed by atoms with van der Waals surface area (Å²) < 4.78 is 1.81. The van der Waals surface area contributed by atoms with E-state index in [2.05, 4.69) is 20.7 Å². The molecule has 1 unspecified atom stereocenters. The molecule has 8 heteroatoms. The van der Waals surface area contributed by atoms with Gasteiger partial charge in [-0.2, -0.15) is 5.10 Å². The Morgan fingerprint density at radius 3 is 2.83 bits per heavy atom. The van der Waals surface area contributed by atoms with Crippen molar-refractivity contribution in [2.75, 3.05) is 26.7 Å². The van der Waals surface area contributed by atoms with Crippen molar-refractivity contribution >= 4 is 35.8 Å². The number of carbonyl (C=O) groups excluding carboxylic acids is 1. The van der Waals surface area contributed by atoms with Gasteiger partial charge in [-0.15, -0.1) is 24.0 Å². The molecule has 0 aromatic carbocycles. The molecule has 1 amide bonds. The van der Waals surface area contributed by atoms with Crippen LogP contribution in [0.15, 0.2) is 17.4 Å². The van der Waals surface area contributed by atoms with E-state index in [0.717, 1.165) is 38.4 Å². The van der Waals surface area contributed by atoms with E-state index in [1.807, 2.05) is 38.2 Å². The highest BCUT2D eigenvalue weighted by Gasteiger charge is 2.27. The van der Waals surface area contributed by atoms with Crippen LogP contribution in [-0.2, 0) is 18.3 Å². The standard InChI is InChI=1S/C16H28N6O.HI/c1-12(2)15(23)22-8-6-14(11-22)20-16(17-3)18-7-5-13-9-19-21(4)10-13;/h9-10,12,14H,5-8,11H2,1-4H3,(H2,17,18,20);1H. The van der Waals surface area contributed by atoms with Crippen molar-refractivity contribution in [1.29, 1.82) is 0 Å². The number of hydrogen-bond acceptors (Lipinski definition) is 3. The van der Waals surface area contributed by atoms with E-state index >= 15 is 0 Å². The van der Waals surface area contributed by atoms with Gasteiger partial charge in [0.05, 0.1) is 6.20 Å². The Morgan fingerprint density at radius 1 is 1.50 bits per heavy atom. The highest BCUT2D eigenvalue weighted by Crippen LogP contribution is 2.12. The molecule has 1 atom stereocenters. The Morgan fingerprint density at radius 2 is 2.25 bits per heavy atom. The predicted molar refractivity (Wildman–Crippen MR) is 107 cm³/mol. The summed E-state index contributed by atoms with van der Waals surface area (Å²) in [4.78, 5) is 18.2. The third kappa shape index (κ3) is 5.95. The lowest BCUT2D eigenvalue weighted by atomic mass is 10.2. The Balaban J connectivity index is 0.00000288. The normalized spacial score (nSPS) is 17.8. The van der Waals surface area contributed by atoms with Gasteiger partial charge in [-0.05, 0) is 18.4 Å². The highest BCUT2D eigenvalue weighted by atomic mass is 127. The average Bonchev–Trinajstić information content (AvgIpc) is 3.14. The van der Waals surface area contributed by atoms with E-state index in [-0.39, 0.29) is 41.8 Å². The van der Waals surface area contributed by atoms with Gasteiger partial charge < -0.3 is 15.5 Å². The molecule has 1 saturated heterocycles. The largest absolute Gasteiger partial charge is 0.356 e. The first kappa shape index (κ1) is 20.7. The predicted octanol–water partition coefficient (Wildman–Crippen LogP) is 1.00. The first-order chi connectivity index (χ1) is 11.0. The number of nitrogens with one attached hydrogen (secondary N) is 2. The Bertz CT molecular complexity index is 557. The lowest BCUT2D eigenvalue weighted by Gasteiger charge is -2.20. The maximum atomic E-state index is 12.0. The SMILES string of the molecule is CN=C(NCCc1cnn(C)c1)NC1CCN(C(=O)C(C)C)C1.I. The summed E-state index contributed by atoms with van der Waals surface area (Å²) in [7, 11) is 3.69. The number of carbonyl (C=O) groups is 1. The Kier molecular flexibility index (Phi) is 8.51. The molecule has 0 bridgehead atoms. The molecule has 2 rings (SSSR count). The van der Waals surface area contributed by atoms with E-state index in [1.54, 1.807) is 11.7 Å². The summed E-state index contributed by atoms with van der Waals surface area (Å²) >= 11 is 0. The molecule has 1 aromatic heterocycles. The summed E-state index contributed by atoms with van der Waals surface area (Å²) in [6.07, 6.45) is 5.76. The molecule has 1 aliphatic rings. The van der Waals surface area contributed by atoms with Crippen LogP contribution in [0.2, 0.25) is 0 Å². The van der Waals surface area contributed by atoms with E-state index in [4.69, 9.17) is 0 Å². The first-order valence-corrected chi connectivity index (χ1v) is 8.23. The van der Waals surface area contributed by atoms with E-state index < -0.39 is 0 Å². The van der Waals surface area contributed by atoms with Crippen molar-refractivity contribution < 1.29 is 4.79 Å². The molecule has 0 saturated carbocycles. The van der Waals surface area contributed by atoms with E-state index in [9.17, 15) is 4.79 Å². The van der Waals surface area contributed by atoms with Gasteiger partial charge in [0, 0.05) is 51.9 Å². The summed E-state index contributed by atoms with van der Waals surface area (Å²) in [6, 6.07) is 0.266. The average molecular weight is 448 g/mol. The fraction of sp³-hybridized carbons (Fsp3) is 0.688. The second-order valence-electron chi connectivity index (χ2n) is 6.34. The van der Waals surface area contributed by atoms with Gasteiger partial charge in [-0.3, -0.25) is 14.5 Å². The molecule has 2 N–H and O–H groups in total. The summed E-state index contributed by atoms with van der Waals surface area (Å²) in [5.74, 6) is 1.08. The minimum absolute atomic E-state index is 0. The number of guanidine groups is 1. The van der Waals surface area contributed by atoms with Crippen molar-refractivity contribution in [3.8, 4) is 0 Å². The smallest absolute Gasteiger partial charge is 0.225 e. The van der Waals surface area contributed by atoms with Crippen LogP contribution >= 0.6 is 24.0 Å². The van der Waals surface area contributed by atoms with Crippen LogP contribution in [-0.4, -0.2) is 59.3 Å². The number of hydrogen-bond donors (Lipinski definition) is 2. The van der Waals surface area contributed by atoms with Crippen molar-refractivity contribution in [1.82, 2.24) is 25.3 Å². The van der Waals surface area contributed by atoms with Crippen LogP contribution < -0.4 is 10.6 Å². The minimum atomic E-state index is 0. The highest BCUT2D eigenvalue weighted by molar-refractivity contribution is 14.0. The van der Waals surface area contributed by atoms with Crippen LogP contribution in [0.25, 0.3) is 0 Å². The van der Waals surface area contributed by atoms with Gasteiger partial charge in [0.15, 0.2) is 5.96 Å². The quantitative estimate of drug-likeness (QED) is 0.401. The molecule has 24 heavy (non-hydrogen) atoms. The fourth-order valence-electron chi connectivity index (χ4n) is 2.76. The number of nitrogens with zero attached hydrogens (tertiary/aromatic N) is 4. The molecule has 136 valence electrons. The molecule has 1 aromatic rings. The van der Waals surface area contributed by atoms with Crippen LogP contribution in [0.4, 0.5) is 0 Å². The van der Waals surface area contributed by atoms with Gasteiger partial charge in [-0.25, -0.2) is 0 Å². The molecule has 1 aliphatic heterocycles. The van der Waals surface area contributed by atoms with Crippen molar-refractivity contribution in [3.63, 3.8) is 0 Å². The maximum Gasteiger partial charge on any atom is 0.225 e. The first-order valence-electron chi connectivity index (χ1n) is 8.23. The topological polar surface area (TPSA) is 74.6 Å². The molecule has 0 aliphatic carbocycles. The minimum Gasteiger partial charge on any atom is -0.356 e. The number of likely N-dealkylation sites (tertiary alicyclic amines) is 1. The van der Waals surface area contributed by atoms with Gasteiger partial charge in [0.2, 0.25) is 5.91 Å². The number of rotatable bonds is 5. The van der Waals surface area contributed by atoms with Crippen LogP contribution in [0, 0.1) is 5.92 Å². The fourth-order valence-corrected chi connectivity index (χ4v) is 2.76. The zero-order chi connectivity index (χ0) is 16.8. The van der Waals surface area contributed by atoms with Gasteiger partial charge >= 0.3 is 0 Å². The second-order valence-corrected chi connectivity index (χ2v) is 6.34. The second kappa shape index (κ2) is 9.85. The molecular formula is C16H29IN6O. The number of halogens is 1. The Hall–Kier alpha value is -1.32. The maximum absolute atomic E-state index is 12.0. The molecule has 2 heterocycles. The lowest BCUT2D eigenvalue weighted by molar-refractivity contribution is -0.133. The lowest BCUT2D eigenvalue weighted by Crippen LogP contribution is -2.45. The van der Waals surface area contributed by atoms with Gasteiger partial charge in [0.1, 0.15) is 0 Å². The number of amides is 1. The Labute approximate surface area is 161 Å². The van der Waals surface area contributed by atoms with Gasteiger partial charge in [-0.1, -0.05) is 13.8 Å². The third-order valence-corrected chi connectivity index (χ3v) is 4.02. The van der Waals surface area contributed by atoms with E-state index in [1.165, 1.54) is 5.56 Å². The zero-order valence-electron chi connectivity index (χ0n) is 15.0. The molecule has 1 fully saturated rings. The van der Waals surface area contributed by atoms with Crippen molar-refractivity contribution in [2.45, 2.75) is 32.7 Å². The van der Waals surface area contributed by atoms with Crippen LogP contribution in [0.1, 0.15) is 25.8 Å². The van der Waals surface area contributed by atoms with Crippen LogP contribution in [0.3, 0.4) is 0 Å². The number of aryl methyl sites for hydroxylation is 1. The van der Waals surface area contributed by atoms with E-state index in [0.29, 0.717) is 0 Å². The van der Waals surface area contributed by atoms with Crippen molar-refractivity contribution in [2.24, 2.45) is 18.0 Å². The third-order valence-electron chi connectivity index (χ3n) is 4.02. The van der Waals surface area contributed by atoms with Gasteiger partial charge in [0.25, 0.3) is 0 Å². The molecular weight excluding hydrogens is 419 g/mol. The number of aliphatic imine (C=N–C) groups is 1. The zero-order valence-corrected chi connectivity index (χ0v) is 17.3. The van der Waals surface area contributed by atoms with Crippen LogP contribution in [0.5, 0.6) is 0 Å². The van der Waals surface area contributed by atoms with Crippen molar-refractivity contribution in [3.05, 3.63) is 18.0 Å². The summed E-state index contributed by atoms with van der Waals surface area (Å²) in [5.41, 5.74) is 1.20. The molecule has 0 radical (unpaired) electrons. The molecule has 7 nitrogen and oxygen atoms in total. The number of aromatic nitrogens is 2. The molecule has 0 spiro atoms. The monoisotopic (exact) mass is 448 g/mol. The summed E-state index contributed by atoms with van der Waals surface area (Å²) in [5, 5.41) is 10.9. The summed E-state index contributed by atoms with van der Waals surface area (Å²) in [6.45, 7) is 6.26.